The molecule has 10 rings (SSSR count). The molecule has 3 nitrogen and oxygen atoms in total. The van der Waals surface area contributed by atoms with Crippen LogP contribution in [0.2, 0.25) is 0 Å². The van der Waals surface area contributed by atoms with Gasteiger partial charge in [-0.1, -0.05) is 103 Å². The molecule has 10 aromatic carbocycles. The molecule has 0 fully saturated rings. The zero-order valence-corrected chi connectivity index (χ0v) is 31.4. The van der Waals surface area contributed by atoms with Crippen LogP contribution in [0, 0.1) is 0 Å². The molecule has 0 N–H and O–H groups in total. The molecule has 0 bridgehead atoms. The van der Waals surface area contributed by atoms with Gasteiger partial charge in [-0.3, -0.25) is 0 Å². The van der Waals surface area contributed by atoms with Gasteiger partial charge in [-0.25, -0.2) is 0 Å². The number of hydrogen-bond donors (Lipinski definition) is 0. The van der Waals surface area contributed by atoms with Crippen molar-refractivity contribution in [3.8, 4) is 0 Å². The highest BCUT2D eigenvalue weighted by atomic mass is 15.2. The first-order chi connectivity index (χ1) is 28.2. The van der Waals surface area contributed by atoms with Crippen molar-refractivity contribution in [3.05, 3.63) is 237 Å². The SMILES string of the molecule is c1ccc(N(c2ccccc2)c2ccc(N(c3ccc(N(c4ccccc4)c4ccccc4)cc3)c3ccc4cc5cc6ccccc6cc5cc4c3)cc2)cc1. The first-order valence-corrected chi connectivity index (χ1v) is 19.4. The Labute approximate surface area is 333 Å². The third kappa shape index (κ3) is 6.73. The molecular weight excluding hydrogens is 691 g/mol. The molecule has 0 aliphatic carbocycles. The Hall–Kier alpha value is -7.62. The van der Waals surface area contributed by atoms with Crippen molar-refractivity contribution in [2.75, 3.05) is 14.7 Å². The zero-order chi connectivity index (χ0) is 38.0. The summed E-state index contributed by atoms with van der Waals surface area (Å²) in [6.45, 7) is 0. The molecule has 10 aromatic rings. The van der Waals surface area contributed by atoms with Crippen LogP contribution in [0.4, 0.5) is 51.2 Å². The van der Waals surface area contributed by atoms with E-state index in [9.17, 15) is 0 Å². The fourth-order valence-electron chi connectivity index (χ4n) is 7.97. The second-order valence-corrected chi connectivity index (χ2v) is 14.3. The minimum Gasteiger partial charge on any atom is -0.311 e. The largest absolute Gasteiger partial charge is 0.311 e. The first-order valence-electron chi connectivity index (χ1n) is 19.4. The Morgan fingerprint density at radius 1 is 0.158 bits per heavy atom. The second kappa shape index (κ2) is 14.9. The van der Waals surface area contributed by atoms with Gasteiger partial charge in [0.2, 0.25) is 0 Å². The van der Waals surface area contributed by atoms with E-state index in [1.807, 2.05) is 0 Å². The number of hydrogen-bond acceptors (Lipinski definition) is 3. The van der Waals surface area contributed by atoms with Gasteiger partial charge in [0.25, 0.3) is 0 Å². The van der Waals surface area contributed by atoms with E-state index in [2.05, 4.69) is 251 Å². The predicted octanol–water partition coefficient (Wildman–Crippen LogP) is 15.6. The van der Waals surface area contributed by atoms with Gasteiger partial charge < -0.3 is 14.7 Å². The molecule has 3 heteroatoms. The van der Waals surface area contributed by atoms with Crippen molar-refractivity contribution in [2.24, 2.45) is 0 Å². The summed E-state index contributed by atoms with van der Waals surface area (Å²) in [6, 6.07) is 84.8. The Morgan fingerprint density at radius 3 is 0.737 bits per heavy atom. The van der Waals surface area contributed by atoms with Crippen molar-refractivity contribution in [1.29, 1.82) is 0 Å². The summed E-state index contributed by atoms with van der Waals surface area (Å²) in [7, 11) is 0. The number of rotatable bonds is 9. The van der Waals surface area contributed by atoms with Gasteiger partial charge in [0.05, 0.1) is 0 Å². The van der Waals surface area contributed by atoms with Gasteiger partial charge in [-0.15, -0.1) is 0 Å². The number of anilines is 9. The van der Waals surface area contributed by atoms with Crippen molar-refractivity contribution in [1.82, 2.24) is 0 Å². The monoisotopic (exact) mass is 729 g/mol. The summed E-state index contributed by atoms with van der Waals surface area (Å²) in [6.07, 6.45) is 0. The highest BCUT2D eigenvalue weighted by molar-refractivity contribution is 6.05. The molecule has 270 valence electrons. The lowest BCUT2D eigenvalue weighted by Crippen LogP contribution is -2.13. The lowest BCUT2D eigenvalue weighted by molar-refractivity contribution is 1.25. The van der Waals surface area contributed by atoms with Gasteiger partial charge >= 0.3 is 0 Å². The average molecular weight is 730 g/mol. The van der Waals surface area contributed by atoms with E-state index >= 15 is 0 Å². The van der Waals surface area contributed by atoms with Crippen molar-refractivity contribution < 1.29 is 0 Å². The maximum Gasteiger partial charge on any atom is 0.0468 e. The Kier molecular flexibility index (Phi) is 8.86. The van der Waals surface area contributed by atoms with Crippen LogP contribution >= 0.6 is 0 Å². The van der Waals surface area contributed by atoms with Gasteiger partial charge in [0.15, 0.2) is 0 Å². The molecule has 0 aliphatic heterocycles. The van der Waals surface area contributed by atoms with Gasteiger partial charge in [-0.05, 0) is 166 Å². The smallest absolute Gasteiger partial charge is 0.0468 e. The van der Waals surface area contributed by atoms with Crippen LogP contribution in [-0.4, -0.2) is 0 Å². The van der Waals surface area contributed by atoms with E-state index in [1.165, 1.54) is 32.3 Å². The number of benzene rings is 10. The highest BCUT2D eigenvalue weighted by Crippen LogP contribution is 2.42. The number of para-hydroxylation sites is 4. The van der Waals surface area contributed by atoms with Gasteiger partial charge in [0.1, 0.15) is 0 Å². The van der Waals surface area contributed by atoms with E-state index in [1.54, 1.807) is 0 Å². The Balaban J connectivity index is 1.09. The third-order valence-corrected chi connectivity index (χ3v) is 10.7. The molecule has 0 radical (unpaired) electrons. The summed E-state index contributed by atoms with van der Waals surface area (Å²) in [4.78, 5) is 6.97. The molecule has 0 spiro atoms. The Bertz CT molecular complexity index is 2730. The van der Waals surface area contributed by atoms with E-state index in [-0.39, 0.29) is 0 Å². The van der Waals surface area contributed by atoms with Crippen LogP contribution in [0.15, 0.2) is 237 Å². The molecule has 0 aliphatic rings. The summed E-state index contributed by atoms with van der Waals surface area (Å²) in [5.74, 6) is 0. The van der Waals surface area contributed by atoms with Crippen LogP contribution in [0.5, 0.6) is 0 Å². The number of nitrogens with zero attached hydrogens (tertiary/aromatic N) is 3. The topological polar surface area (TPSA) is 9.72 Å². The molecule has 0 saturated carbocycles. The number of fused-ring (bicyclic) bond motifs is 3. The molecule has 0 unspecified atom stereocenters. The molecule has 0 saturated heterocycles. The minimum absolute atomic E-state index is 1.07. The quantitative estimate of drug-likeness (QED) is 0.137. The molecule has 57 heavy (non-hydrogen) atoms. The molecule has 0 heterocycles. The summed E-state index contributed by atoms with van der Waals surface area (Å²) in [5.41, 5.74) is 9.85. The van der Waals surface area contributed by atoms with E-state index in [0.29, 0.717) is 0 Å². The summed E-state index contributed by atoms with van der Waals surface area (Å²) >= 11 is 0. The van der Waals surface area contributed by atoms with Crippen LogP contribution in [-0.2, 0) is 0 Å². The molecular formula is C54H39N3. The lowest BCUT2D eigenvalue weighted by atomic mass is 9.99. The van der Waals surface area contributed by atoms with Crippen molar-refractivity contribution in [3.63, 3.8) is 0 Å². The summed E-state index contributed by atoms with van der Waals surface area (Å²) in [5, 5.41) is 7.42. The molecule has 0 aromatic heterocycles. The first kappa shape index (κ1) is 33.9. The summed E-state index contributed by atoms with van der Waals surface area (Å²) < 4.78 is 0. The highest BCUT2D eigenvalue weighted by Gasteiger charge is 2.18. The zero-order valence-electron chi connectivity index (χ0n) is 31.4. The predicted molar refractivity (Wildman–Crippen MR) is 243 cm³/mol. The van der Waals surface area contributed by atoms with E-state index < -0.39 is 0 Å². The maximum atomic E-state index is 2.36. The second-order valence-electron chi connectivity index (χ2n) is 14.3. The van der Waals surface area contributed by atoms with Gasteiger partial charge in [-0.2, -0.15) is 0 Å². The van der Waals surface area contributed by atoms with E-state index in [0.717, 1.165) is 51.2 Å². The van der Waals surface area contributed by atoms with Crippen LogP contribution in [0.1, 0.15) is 0 Å². The van der Waals surface area contributed by atoms with E-state index in [4.69, 9.17) is 0 Å². The normalized spacial score (nSPS) is 11.2. The average Bonchev–Trinajstić information content (AvgIpc) is 3.28. The minimum atomic E-state index is 1.07. The lowest BCUT2D eigenvalue weighted by Gasteiger charge is -2.29. The fourth-order valence-corrected chi connectivity index (χ4v) is 7.97. The van der Waals surface area contributed by atoms with Crippen LogP contribution < -0.4 is 14.7 Å². The van der Waals surface area contributed by atoms with Gasteiger partial charge in [0, 0.05) is 51.2 Å². The maximum absolute atomic E-state index is 2.36. The van der Waals surface area contributed by atoms with Crippen LogP contribution in [0.3, 0.4) is 0 Å². The standard InChI is InChI=1S/C54H39N3/c1-5-17-46(18-6-1)55(47-19-7-2-8-20-47)50-27-31-52(32-28-50)57(53-33-29-51(30-34-53)56(48-21-9-3-10-22-48)49-23-11-4-12-24-49)54-26-25-42-37-43-35-40-15-13-14-16-41(40)36-44(43)38-45(42)39-54/h1-39H. The van der Waals surface area contributed by atoms with Crippen molar-refractivity contribution in [2.45, 2.75) is 0 Å². The third-order valence-electron chi connectivity index (χ3n) is 10.7. The van der Waals surface area contributed by atoms with Crippen molar-refractivity contribution >= 4 is 83.5 Å². The van der Waals surface area contributed by atoms with Crippen LogP contribution in [0.25, 0.3) is 32.3 Å². The Morgan fingerprint density at radius 2 is 0.386 bits per heavy atom. The molecule has 0 atom stereocenters. The molecule has 0 amide bonds. The fraction of sp³-hybridized carbons (Fsp3) is 0.